The number of aryl methyl sites for hydroxylation is 1. The second-order valence-corrected chi connectivity index (χ2v) is 5.79. The molecule has 0 aliphatic rings. The molecule has 26 heavy (non-hydrogen) atoms. The maximum atomic E-state index is 12.2. The number of pyridine rings is 1. The van der Waals surface area contributed by atoms with Gasteiger partial charge in [0.2, 0.25) is 0 Å². The van der Waals surface area contributed by atoms with Crippen molar-refractivity contribution in [1.82, 2.24) is 4.98 Å². The molecule has 2 N–H and O–H groups in total. The van der Waals surface area contributed by atoms with Gasteiger partial charge in [-0.15, -0.1) is 0 Å². The lowest BCUT2D eigenvalue weighted by molar-refractivity contribution is 0.102. The average Bonchev–Trinajstić information content (AvgIpc) is 2.70. The molecule has 0 bridgehead atoms. The highest BCUT2D eigenvalue weighted by atomic mass is 16.5. The Labute approximate surface area is 153 Å². The summed E-state index contributed by atoms with van der Waals surface area (Å²) in [6, 6.07) is 18.8. The number of aromatic nitrogens is 1. The molecule has 0 aliphatic heterocycles. The smallest absolute Gasteiger partial charge is 0.256 e. The number of rotatable bonds is 6. The summed E-state index contributed by atoms with van der Waals surface area (Å²) < 4.78 is 5.09. The van der Waals surface area contributed by atoms with Crippen molar-refractivity contribution in [2.24, 2.45) is 0 Å². The van der Waals surface area contributed by atoms with Gasteiger partial charge >= 0.3 is 0 Å². The average molecular weight is 347 g/mol. The summed E-state index contributed by atoms with van der Waals surface area (Å²) in [5.41, 5.74) is 3.70. The molecule has 0 spiro atoms. The summed E-state index contributed by atoms with van der Waals surface area (Å²) >= 11 is 0. The molecule has 1 amide bonds. The van der Waals surface area contributed by atoms with Crippen LogP contribution in [0, 0.1) is 0 Å². The van der Waals surface area contributed by atoms with Crippen molar-refractivity contribution >= 4 is 23.1 Å². The van der Waals surface area contributed by atoms with Crippen molar-refractivity contribution in [2.45, 2.75) is 13.3 Å². The van der Waals surface area contributed by atoms with Gasteiger partial charge in [-0.2, -0.15) is 0 Å². The first-order valence-corrected chi connectivity index (χ1v) is 8.45. The van der Waals surface area contributed by atoms with E-state index in [0.29, 0.717) is 17.1 Å². The maximum absolute atomic E-state index is 12.2. The van der Waals surface area contributed by atoms with E-state index in [1.54, 1.807) is 43.6 Å². The number of hydrogen-bond donors (Lipinski definition) is 2. The Bertz CT molecular complexity index is 857. The van der Waals surface area contributed by atoms with Crippen LogP contribution >= 0.6 is 0 Å². The van der Waals surface area contributed by atoms with E-state index in [0.717, 1.165) is 17.8 Å². The molecule has 3 aromatic rings. The van der Waals surface area contributed by atoms with Gasteiger partial charge in [0.05, 0.1) is 19.0 Å². The van der Waals surface area contributed by atoms with Gasteiger partial charge in [-0.3, -0.25) is 4.79 Å². The lowest BCUT2D eigenvalue weighted by Crippen LogP contribution is -2.12. The van der Waals surface area contributed by atoms with Crippen molar-refractivity contribution in [2.75, 3.05) is 17.7 Å². The zero-order valence-electron chi connectivity index (χ0n) is 14.8. The predicted octanol–water partition coefficient (Wildman–Crippen LogP) is 4.65. The molecular formula is C21H21N3O2. The van der Waals surface area contributed by atoms with Gasteiger partial charge in [-0.05, 0) is 60.5 Å². The highest BCUT2D eigenvalue weighted by Crippen LogP contribution is 2.18. The standard InChI is InChI=1S/C21H21N3O2/c1-3-15-4-8-17(9-5-15)23-18-10-13-20(22-14-18)24-21(25)16-6-11-19(26-2)12-7-16/h4-14,23H,3H2,1-2H3,(H,22,24,25). The Hall–Kier alpha value is -3.34. The number of hydrogen-bond acceptors (Lipinski definition) is 4. The van der Waals surface area contributed by atoms with Gasteiger partial charge in [0.25, 0.3) is 5.91 Å². The monoisotopic (exact) mass is 347 g/mol. The molecule has 0 saturated heterocycles. The molecule has 0 aliphatic carbocycles. The summed E-state index contributed by atoms with van der Waals surface area (Å²) in [5.74, 6) is 0.996. The van der Waals surface area contributed by atoms with Gasteiger partial charge in [-0.1, -0.05) is 19.1 Å². The number of anilines is 3. The number of benzene rings is 2. The van der Waals surface area contributed by atoms with Crippen LogP contribution in [0.1, 0.15) is 22.8 Å². The van der Waals surface area contributed by atoms with Crippen LogP contribution < -0.4 is 15.4 Å². The van der Waals surface area contributed by atoms with Crippen molar-refractivity contribution in [3.63, 3.8) is 0 Å². The molecule has 1 aromatic heterocycles. The Kier molecular flexibility index (Phi) is 5.49. The largest absolute Gasteiger partial charge is 0.497 e. The fourth-order valence-corrected chi connectivity index (χ4v) is 2.46. The van der Waals surface area contributed by atoms with Crippen LogP contribution in [0.2, 0.25) is 0 Å². The van der Waals surface area contributed by atoms with Crippen LogP contribution in [0.3, 0.4) is 0 Å². The fraction of sp³-hybridized carbons (Fsp3) is 0.143. The van der Waals surface area contributed by atoms with E-state index < -0.39 is 0 Å². The summed E-state index contributed by atoms with van der Waals surface area (Å²) in [6.45, 7) is 2.13. The topological polar surface area (TPSA) is 63.2 Å². The molecule has 5 heteroatoms. The number of carbonyl (C=O) groups excluding carboxylic acids is 1. The number of ether oxygens (including phenoxy) is 1. The lowest BCUT2D eigenvalue weighted by Gasteiger charge is -2.09. The first-order valence-electron chi connectivity index (χ1n) is 8.45. The van der Waals surface area contributed by atoms with E-state index in [-0.39, 0.29) is 5.91 Å². The highest BCUT2D eigenvalue weighted by Gasteiger charge is 2.07. The minimum absolute atomic E-state index is 0.212. The quantitative estimate of drug-likeness (QED) is 0.681. The normalized spacial score (nSPS) is 10.2. The van der Waals surface area contributed by atoms with Crippen LogP contribution in [0.5, 0.6) is 5.75 Å². The molecule has 0 atom stereocenters. The van der Waals surface area contributed by atoms with Crippen LogP contribution in [0.15, 0.2) is 66.9 Å². The van der Waals surface area contributed by atoms with E-state index in [2.05, 4.69) is 34.7 Å². The third-order valence-corrected chi connectivity index (χ3v) is 4.01. The number of methoxy groups -OCH3 is 1. The molecule has 0 fully saturated rings. The SMILES string of the molecule is CCc1ccc(Nc2ccc(NC(=O)c3ccc(OC)cc3)nc2)cc1. The number of carbonyl (C=O) groups is 1. The Morgan fingerprint density at radius 3 is 2.23 bits per heavy atom. The zero-order valence-corrected chi connectivity index (χ0v) is 14.8. The first kappa shape index (κ1) is 17.5. The highest BCUT2D eigenvalue weighted by molar-refractivity contribution is 6.03. The molecule has 5 nitrogen and oxygen atoms in total. The second-order valence-electron chi connectivity index (χ2n) is 5.79. The Morgan fingerprint density at radius 1 is 0.962 bits per heavy atom. The zero-order chi connectivity index (χ0) is 18.4. The van der Waals surface area contributed by atoms with Crippen molar-refractivity contribution in [3.05, 3.63) is 78.0 Å². The minimum atomic E-state index is -0.212. The van der Waals surface area contributed by atoms with Crippen molar-refractivity contribution in [3.8, 4) is 5.75 Å². The van der Waals surface area contributed by atoms with E-state index in [1.165, 1.54) is 5.56 Å². The Balaban J connectivity index is 1.62. The van der Waals surface area contributed by atoms with E-state index >= 15 is 0 Å². The van der Waals surface area contributed by atoms with Gasteiger partial charge in [0.1, 0.15) is 11.6 Å². The van der Waals surface area contributed by atoms with Gasteiger partial charge in [0, 0.05) is 11.3 Å². The summed E-state index contributed by atoms with van der Waals surface area (Å²) in [7, 11) is 1.59. The van der Waals surface area contributed by atoms with E-state index in [4.69, 9.17) is 4.74 Å². The number of amides is 1. The van der Waals surface area contributed by atoms with Gasteiger partial charge < -0.3 is 15.4 Å². The van der Waals surface area contributed by atoms with Crippen molar-refractivity contribution < 1.29 is 9.53 Å². The predicted molar refractivity (Wildman–Crippen MR) is 104 cm³/mol. The lowest BCUT2D eigenvalue weighted by atomic mass is 10.1. The number of nitrogens with one attached hydrogen (secondary N) is 2. The third-order valence-electron chi connectivity index (χ3n) is 4.01. The van der Waals surface area contributed by atoms with Crippen LogP contribution in [0.4, 0.5) is 17.2 Å². The minimum Gasteiger partial charge on any atom is -0.497 e. The van der Waals surface area contributed by atoms with Crippen LogP contribution in [-0.4, -0.2) is 18.0 Å². The second kappa shape index (κ2) is 8.16. The first-order chi connectivity index (χ1) is 12.7. The summed E-state index contributed by atoms with van der Waals surface area (Å²) in [6.07, 6.45) is 2.71. The molecule has 1 heterocycles. The van der Waals surface area contributed by atoms with Crippen LogP contribution in [-0.2, 0) is 6.42 Å². The van der Waals surface area contributed by atoms with E-state index in [1.807, 2.05) is 18.2 Å². The molecule has 132 valence electrons. The molecular weight excluding hydrogens is 326 g/mol. The van der Waals surface area contributed by atoms with Gasteiger partial charge in [0.15, 0.2) is 0 Å². The van der Waals surface area contributed by atoms with E-state index in [9.17, 15) is 4.79 Å². The van der Waals surface area contributed by atoms with Gasteiger partial charge in [-0.25, -0.2) is 4.98 Å². The molecule has 0 radical (unpaired) electrons. The molecule has 2 aromatic carbocycles. The maximum Gasteiger partial charge on any atom is 0.256 e. The molecule has 0 saturated carbocycles. The summed E-state index contributed by atoms with van der Waals surface area (Å²) in [4.78, 5) is 16.5. The Morgan fingerprint density at radius 2 is 1.65 bits per heavy atom. The molecule has 3 rings (SSSR count). The third kappa shape index (κ3) is 4.39. The fourth-order valence-electron chi connectivity index (χ4n) is 2.46. The summed E-state index contributed by atoms with van der Waals surface area (Å²) in [5, 5.41) is 6.07. The number of nitrogens with zero attached hydrogens (tertiary/aromatic N) is 1. The van der Waals surface area contributed by atoms with Crippen LogP contribution in [0.25, 0.3) is 0 Å². The molecule has 0 unspecified atom stereocenters. The van der Waals surface area contributed by atoms with Crippen molar-refractivity contribution in [1.29, 1.82) is 0 Å².